The largest absolute Gasteiger partial charge is 0.398 e. The minimum atomic E-state index is 0.893. The van der Waals surface area contributed by atoms with Crippen LogP contribution >= 0.6 is 0 Å². The molecule has 1 aromatic rings. The van der Waals surface area contributed by atoms with Crippen LogP contribution < -0.4 is 10.6 Å². The molecule has 0 aliphatic heterocycles. The summed E-state index contributed by atoms with van der Waals surface area (Å²) in [6.45, 7) is 8.74. The fourth-order valence-corrected chi connectivity index (χ4v) is 1.88. The third-order valence-corrected chi connectivity index (χ3v) is 2.67. The van der Waals surface area contributed by atoms with E-state index in [2.05, 4.69) is 31.7 Å². The highest BCUT2D eigenvalue weighted by atomic mass is 15.1. The maximum atomic E-state index is 5.92. The summed E-state index contributed by atoms with van der Waals surface area (Å²) < 4.78 is 0. The van der Waals surface area contributed by atoms with E-state index < -0.39 is 0 Å². The zero-order valence-electron chi connectivity index (χ0n) is 10.1. The van der Waals surface area contributed by atoms with Crippen molar-refractivity contribution in [3.63, 3.8) is 0 Å². The highest BCUT2D eigenvalue weighted by Gasteiger charge is 2.08. The molecular formula is C13H22N2. The Bertz CT molecular complexity index is 301. The third kappa shape index (κ3) is 2.88. The topological polar surface area (TPSA) is 29.3 Å². The molecule has 1 rings (SSSR count). The van der Waals surface area contributed by atoms with Crippen LogP contribution in [0.5, 0.6) is 0 Å². The zero-order chi connectivity index (χ0) is 11.3. The quantitative estimate of drug-likeness (QED) is 0.750. The molecule has 84 valence electrons. The van der Waals surface area contributed by atoms with E-state index in [1.54, 1.807) is 0 Å². The first-order chi connectivity index (χ1) is 7.20. The number of nitrogens with zero attached hydrogens (tertiary/aromatic N) is 1. The number of anilines is 2. The van der Waals surface area contributed by atoms with Crippen LogP contribution in [-0.4, -0.2) is 13.1 Å². The van der Waals surface area contributed by atoms with E-state index in [-0.39, 0.29) is 0 Å². The van der Waals surface area contributed by atoms with Crippen molar-refractivity contribution in [1.29, 1.82) is 0 Å². The standard InChI is InChI=1S/C13H22N2/c1-4-9-15(10-5-2)13-8-6-7-12(14)11(13)3/h6-8H,4-5,9-10,14H2,1-3H3. The van der Waals surface area contributed by atoms with Crippen LogP contribution in [0.4, 0.5) is 11.4 Å². The van der Waals surface area contributed by atoms with Gasteiger partial charge in [0.2, 0.25) is 0 Å². The van der Waals surface area contributed by atoms with E-state index in [4.69, 9.17) is 5.73 Å². The molecule has 0 saturated heterocycles. The first-order valence-corrected chi connectivity index (χ1v) is 5.80. The number of nitrogens with two attached hydrogens (primary N) is 1. The molecule has 0 fully saturated rings. The molecule has 0 radical (unpaired) electrons. The summed E-state index contributed by atoms with van der Waals surface area (Å²) in [6.07, 6.45) is 2.35. The van der Waals surface area contributed by atoms with Gasteiger partial charge in [-0.3, -0.25) is 0 Å². The Morgan fingerprint density at radius 2 is 1.73 bits per heavy atom. The summed E-state index contributed by atoms with van der Waals surface area (Å²) in [5.74, 6) is 0. The molecule has 1 aromatic carbocycles. The predicted octanol–water partition coefficient (Wildman–Crippen LogP) is 3.20. The SMILES string of the molecule is CCCN(CCC)c1cccc(N)c1C. The van der Waals surface area contributed by atoms with Gasteiger partial charge in [-0.05, 0) is 37.5 Å². The van der Waals surface area contributed by atoms with Crippen molar-refractivity contribution in [2.24, 2.45) is 0 Å². The molecule has 0 unspecified atom stereocenters. The molecule has 0 atom stereocenters. The summed E-state index contributed by atoms with van der Waals surface area (Å²) in [6, 6.07) is 6.17. The maximum Gasteiger partial charge on any atom is 0.0416 e. The summed E-state index contributed by atoms with van der Waals surface area (Å²) >= 11 is 0. The number of hydrogen-bond donors (Lipinski definition) is 1. The minimum absolute atomic E-state index is 0.893. The van der Waals surface area contributed by atoms with E-state index in [1.165, 1.54) is 24.1 Å². The molecule has 0 amide bonds. The molecule has 0 aromatic heterocycles. The zero-order valence-corrected chi connectivity index (χ0v) is 10.1. The molecule has 2 N–H and O–H groups in total. The molecule has 15 heavy (non-hydrogen) atoms. The van der Waals surface area contributed by atoms with Crippen molar-refractivity contribution >= 4 is 11.4 Å². The maximum absolute atomic E-state index is 5.92. The Hall–Kier alpha value is -1.18. The highest BCUT2D eigenvalue weighted by molar-refractivity contribution is 5.64. The van der Waals surface area contributed by atoms with Crippen LogP contribution in [-0.2, 0) is 0 Å². The van der Waals surface area contributed by atoms with Crippen molar-refractivity contribution < 1.29 is 0 Å². The average Bonchev–Trinajstić information content (AvgIpc) is 2.22. The third-order valence-electron chi connectivity index (χ3n) is 2.67. The second-order valence-electron chi connectivity index (χ2n) is 3.98. The monoisotopic (exact) mass is 206 g/mol. The van der Waals surface area contributed by atoms with E-state index >= 15 is 0 Å². The molecule has 0 heterocycles. The number of benzene rings is 1. The van der Waals surface area contributed by atoms with Gasteiger partial charge in [-0.15, -0.1) is 0 Å². The van der Waals surface area contributed by atoms with Gasteiger partial charge in [0, 0.05) is 24.5 Å². The highest BCUT2D eigenvalue weighted by Crippen LogP contribution is 2.24. The molecule has 0 aliphatic rings. The van der Waals surface area contributed by atoms with Gasteiger partial charge in [0.15, 0.2) is 0 Å². The Morgan fingerprint density at radius 1 is 1.13 bits per heavy atom. The van der Waals surface area contributed by atoms with Gasteiger partial charge in [-0.25, -0.2) is 0 Å². The van der Waals surface area contributed by atoms with Crippen molar-refractivity contribution in [3.05, 3.63) is 23.8 Å². The second kappa shape index (κ2) is 5.64. The smallest absolute Gasteiger partial charge is 0.0416 e. The molecule has 0 spiro atoms. The molecule has 0 saturated carbocycles. The van der Waals surface area contributed by atoms with E-state index in [0.717, 1.165) is 18.8 Å². The van der Waals surface area contributed by atoms with Gasteiger partial charge in [0.1, 0.15) is 0 Å². The van der Waals surface area contributed by atoms with Gasteiger partial charge < -0.3 is 10.6 Å². The Morgan fingerprint density at radius 3 is 2.27 bits per heavy atom. The van der Waals surface area contributed by atoms with Crippen molar-refractivity contribution in [2.75, 3.05) is 23.7 Å². The predicted molar refractivity (Wildman–Crippen MR) is 68.4 cm³/mol. The van der Waals surface area contributed by atoms with Crippen LogP contribution in [0, 0.1) is 6.92 Å². The fourth-order valence-electron chi connectivity index (χ4n) is 1.88. The average molecular weight is 206 g/mol. The second-order valence-corrected chi connectivity index (χ2v) is 3.98. The molecule has 2 nitrogen and oxygen atoms in total. The fraction of sp³-hybridized carbons (Fsp3) is 0.538. The summed E-state index contributed by atoms with van der Waals surface area (Å²) in [5, 5.41) is 0. The van der Waals surface area contributed by atoms with E-state index in [0.29, 0.717) is 0 Å². The van der Waals surface area contributed by atoms with Crippen molar-refractivity contribution in [3.8, 4) is 0 Å². The first kappa shape index (κ1) is 11.9. The Balaban J connectivity index is 2.94. The van der Waals surface area contributed by atoms with Crippen LogP contribution in [0.2, 0.25) is 0 Å². The van der Waals surface area contributed by atoms with Crippen molar-refractivity contribution in [1.82, 2.24) is 0 Å². The minimum Gasteiger partial charge on any atom is -0.398 e. The van der Waals surface area contributed by atoms with E-state index in [9.17, 15) is 0 Å². The van der Waals surface area contributed by atoms with Gasteiger partial charge in [-0.1, -0.05) is 19.9 Å². The first-order valence-electron chi connectivity index (χ1n) is 5.80. The Labute approximate surface area is 93.1 Å². The lowest BCUT2D eigenvalue weighted by Gasteiger charge is -2.26. The summed E-state index contributed by atoms with van der Waals surface area (Å²) in [7, 11) is 0. The Kier molecular flexibility index (Phi) is 4.47. The van der Waals surface area contributed by atoms with E-state index in [1.807, 2.05) is 12.1 Å². The molecule has 0 bridgehead atoms. The molecule has 0 aliphatic carbocycles. The lowest BCUT2D eigenvalue weighted by atomic mass is 10.1. The van der Waals surface area contributed by atoms with Gasteiger partial charge in [-0.2, -0.15) is 0 Å². The van der Waals surface area contributed by atoms with Crippen molar-refractivity contribution in [2.45, 2.75) is 33.6 Å². The molecular weight excluding hydrogens is 184 g/mol. The van der Waals surface area contributed by atoms with Crippen LogP contribution in [0.3, 0.4) is 0 Å². The van der Waals surface area contributed by atoms with Crippen LogP contribution in [0.15, 0.2) is 18.2 Å². The van der Waals surface area contributed by atoms with Gasteiger partial charge in [0.05, 0.1) is 0 Å². The lowest BCUT2D eigenvalue weighted by molar-refractivity contribution is 0.743. The molecule has 2 heteroatoms. The summed E-state index contributed by atoms with van der Waals surface area (Å²) in [5.41, 5.74) is 9.32. The van der Waals surface area contributed by atoms with Gasteiger partial charge in [0.25, 0.3) is 0 Å². The van der Waals surface area contributed by atoms with Crippen LogP contribution in [0.1, 0.15) is 32.3 Å². The lowest BCUT2D eigenvalue weighted by Crippen LogP contribution is -2.25. The number of rotatable bonds is 5. The summed E-state index contributed by atoms with van der Waals surface area (Å²) in [4.78, 5) is 2.42. The normalized spacial score (nSPS) is 10.3. The van der Waals surface area contributed by atoms with Gasteiger partial charge >= 0.3 is 0 Å². The number of nitrogen functional groups attached to an aromatic ring is 1. The van der Waals surface area contributed by atoms with Crippen LogP contribution in [0.25, 0.3) is 0 Å². The number of hydrogen-bond acceptors (Lipinski definition) is 2.